The van der Waals surface area contributed by atoms with E-state index in [-0.39, 0.29) is 11.7 Å². The maximum absolute atomic E-state index is 12.0. The van der Waals surface area contributed by atoms with Gasteiger partial charge in [0.15, 0.2) is 0 Å². The lowest BCUT2D eigenvalue weighted by molar-refractivity contribution is -0.113. The third-order valence-corrected chi connectivity index (χ3v) is 4.02. The molecule has 21 heavy (non-hydrogen) atoms. The van der Waals surface area contributed by atoms with Crippen molar-refractivity contribution in [2.24, 2.45) is 0 Å². The first kappa shape index (κ1) is 15.5. The molecule has 0 aliphatic heterocycles. The minimum Gasteiger partial charge on any atom is -0.495 e. The van der Waals surface area contributed by atoms with Gasteiger partial charge in [-0.1, -0.05) is 23.7 Å². The Balaban J connectivity index is 1.97. The molecule has 0 bridgehead atoms. The van der Waals surface area contributed by atoms with Crippen LogP contribution in [-0.2, 0) is 4.79 Å². The van der Waals surface area contributed by atoms with Crippen LogP contribution < -0.4 is 15.8 Å². The van der Waals surface area contributed by atoms with Gasteiger partial charge in [-0.15, -0.1) is 11.8 Å². The smallest absolute Gasteiger partial charge is 0.234 e. The largest absolute Gasteiger partial charge is 0.495 e. The van der Waals surface area contributed by atoms with Crippen molar-refractivity contribution in [2.75, 3.05) is 23.9 Å². The lowest BCUT2D eigenvalue weighted by Crippen LogP contribution is -2.14. The molecule has 4 nitrogen and oxygen atoms in total. The number of hydrogen-bond acceptors (Lipinski definition) is 4. The van der Waals surface area contributed by atoms with Crippen LogP contribution in [0, 0.1) is 0 Å². The minimum atomic E-state index is -0.135. The highest BCUT2D eigenvalue weighted by atomic mass is 35.5. The Kier molecular flexibility index (Phi) is 5.36. The van der Waals surface area contributed by atoms with Crippen LogP contribution in [0.5, 0.6) is 5.75 Å². The van der Waals surface area contributed by atoms with E-state index in [2.05, 4.69) is 5.32 Å². The molecule has 0 fully saturated rings. The lowest BCUT2D eigenvalue weighted by Gasteiger charge is -2.10. The van der Waals surface area contributed by atoms with Gasteiger partial charge in [0, 0.05) is 15.6 Å². The zero-order valence-electron chi connectivity index (χ0n) is 11.4. The molecular weight excluding hydrogens is 308 g/mol. The highest BCUT2D eigenvalue weighted by molar-refractivity contribution is 8.00. The van der Waals surface area contributed by atoms with Crippen LogP contribution in [0.3, 0.4) is 0 Å². The molecule has 110 valence electrons. The Labute approximate surface area is 132 Å². The quantitative estimate of drug-likeness (QED) is 0.651. The van der Waals surface area contributed by atoms with Crippen LogP contribution in [0.4, 0.5) is 11.4 Å². The maximum atomic E-state index is 12.0. The third-order valence-electron chi connectivity index (χ3n) is 2.72. The van der Waals surface area contributed by atoms with E-state index in [0.29, 0.717) is 22.1 Å². The van der Waals surface area contributed by atoms with Gasteiger partial charge in [-0.2, -0.15) is 0 Å². The number of nitrogen functional groups attached to an aromatic ring is 1. The molecule has 0 saturated carbocycles. The Bertz CT molecular complexity index is 649. The normalized spacial score (nSPS) is 10.2. The molecule has 0 spiro atoms. The number of anilines is 2. The van der Waals surface area contributed by atoms with Gasteiger partial charge in [-0.25, -0.2) is 0 Å². The predicted octanol–water partition coefficient (Wildman–Crippen LogP) is 3.66. The fraction of sp³-hybridized carbons (Fsp3) is 0.133. The highest BCUT2D eigenvalue weighted by Gasteiger charge is 2.09. The number of benzene rings is 2. The molecular formula is C15H15ClN2O2S. The van der Waals surface area contributed by atoms with Crippen molar-refractivity contribution >= 4 is 40.6 Å². The molecule has 0 radical (unpaired) electrons. The van der Waals surface area contributed by atoms with E-state index in [1.807, 2.05) is 12.1 Å². The number of nitrogens with two attached hydrogens (primary N) is 1. The third kappa shape index (κ3) is 4.31. The van der Waals surface area contributed by atoms with Gasteiger partial charge in [-0.3, -0.25) is 4.79 Å². The number of thioether (sulfide) groups is 1. The molecule has 0 aromatic heterocycles. The van der Waals surface area contributed by atoms with E-state index in [1.165, 1.54) is 11.8 Å². The monoisotopic (exact) mass is 322 g/mol. The fourth-order valence-electron chi connectivity index (χ4n) is 1.71. The van der Waals surface area contributed by atoms with Gasteiger partial charge in [0.25, 0.3) is 0 Å². The van der Waals surface area contributed by atoms with Gasteiger partial charge in [-0.05, 0) is 30.3 Å². The van der Waals surface area contributed by atoms with Crippen LogP contribution >= 0.6 is 23.4 Å². The molecule has 1 amide bonds. The second-order valence-corrected chi connectivity index (χ2v) is 5.67. The van der Waals surface area contributed by atoms with Crippen molar-refractivity contribution in [1.82, 2.24) is 0 Å². The van der Waals surface area contributed by atoms with Crippen molar-refractivity contribution in [3.63, 3.8) is 0 Å². The summed E-state index contributed by atoms with van der Waals surface area (Å²) in [6, 6.07) is 12.4. The van der Waals surface area contributed by atoms with Crippen molar-refractivity contribution in [3.05, 3.63) is 47.5 Å². The summed E-state index contributed by atoms with van der Waals surface area (Å²) >= 11 is 7.26. The Morgan fingerprint density at radius 1 is 1.33 bits per heavy atom. The van der Waals surface area contributed by atoms with Crippen LogP contribution in [0.2, 0.25) is 5.02 Å². The fourth-order valence-corrected chi connectivity index (χ4v) is 2.75. The summed E-state index contributed by atoms with van der Waals surface area (Å²) in [7, 11) is 1.56. The molecule has 3 N–H and O–H groups in total. The highest BCUT2D eigenvalue weighted by Crippen LogP contribution is 2.29. The molecule has 2 rings (SSSR count). The van der Waals surface area contributed by atoms with Gasteiger partial charge in [0.2, 0.25) is 5.91 Å². The number of rotatable bonds is 5. The predicted molar refractivity (Wildman–Crippen MR) is 88.2 cm³/mol. The summed E-state index contributed by atoms with van der Waals surface area (Å²) in [5, 5.41) is 3.40. The van der Waals surface area contributed by atoms with Crippen molar-refractivity contribution in [3.8, 4) is 5.75 Å². The summed E-state index contributed by atoms with van der Waals surface area (Å²) in [4.78, 5) is 12.8. The number of methoxy groups -OCH3 is 1. The number of carbonyl (C=O) groups is 1. The Morgan fingerprint density at radius 3 is 2.86 bits per heavy atom. The molecule has 0 atom stereocenters. The first-order chi connectivity index (χ1) is 10.1. The number of nitrogens with one attached hydrogen (secondary N) is 1. The molecule has 0 unspecified atom stereocenters. The average Bonchev–Trinajstić information content (AvgIpc) is 2.49. The summed E-state index contributed by atoms with van der Waals surface area (Å²) in [5.74, 6) is 0.727. The van der Waals surface area contributed by atoms with E-state index in [4.69, 9.17) is 22.1 Å². The van der Waals surface area contributed by atoms with Gasteiger partial charge in [0.05, 0.1) is 18.6 Å². The molecule has 0 saturated heterocycles. The van der Waals surface area contributed by atoms with Crippen molar-refractivity contribution in [2.45, 2.75) is 4.90 Å². The zero-order valence-corrected chi connectivity index (χ0v) is 13.0. The van der Waals surface area contributed by atoms with Crippen LogP contribution in [0.15, 0.2) is 47.4 Å². The van der Waals surface area contributed by atoms with E-state index in [1.54, 1.807) is 37.4 Å². The van der Waals surface area contributed by atoms with E-state index in [9.17, 15) is 4.79 Å². The number of ether oxygens (including phenoxy) is 1. The minimum absolute atomic E-state index is 0.135. The van der Waals surface area contributed by atoms with Gasteiger partial charge >= 0.3 is 0 Å². The molecule has 0 heterocycles. The Hall–Kier alpha value is -1.85. The molecule has 6 heteroatoms. The first-order valence-electron chi connectivity index (χ1n) is 6.21. The summed E-state index contributed by atoms with van der Waals surface area (Å²) in [6.45, 7) is 0. The zero-order chi connectivity index (χ0) is 15.2. The number of amides is 1. The lowest BCUT2D eigenvalue weighted by atomic mass is 10.3. The second kappa shape index (κ2) is 7.24. The summed E-state index contributed by atoms with van der Waals surface area (Å²) in [6.07, 6.45) is 0. The van der Waals surface area contributed by atoms with Gasteiger partial charge < -0.3 is 15.8 Å². The number of hydrogen-bond donors (Lipinski definition) is 2. The Morgan fingerprint density at radius 2 is 2.10 bits per heavy atom. The summed E-state index contributed by atoms with van der Waals surface area (Å²) < 4.78 is 5.18. The second-order valence-electron chi connectivity index (χ2n) is 4.22. The SMILES string of the molecule is COc1ccccc1NC(=O)CSc1cc(Cl)ccc1N. The first-order valence-corrected chi connectivity index (χ1v) is 7.57. The summed E-state index contributed by atoms with van der Waals surface area (Å²) in [5.41, 5.74) is 7.09. The number of carbonyl (C=O) groups excluding carboxylic acids is 1. The molecule has 2 aromatic carbocycles. The van der Waals surface area contributed by atoms with Crippen molar-refractivity contribution in [1.29, 1.82) is 0 Å². The number of halogens is 1. The topological polar surface area (TPSA) is 64.3 Å². The van der Waals surface area contributed by atoms with Crippen LogP contribution in [-0.4, -0.2) is 18.8 Å². The standard InChI is InChI=1S/C15H15ClN2O2S/c1-20-13-5-3-2-4-12(13)18-15(19)9-21-14-8-10(16)6-7-11(14)17/h2-8H,9,17H2,1H3,(H,18,19). The van der Waals surface area contributed by atoms with E-state index < -0.39 is 0 Å². The van der Waals surface area contributed by atoms with E-state index >= 15 is 0 Å². The molecule has 2 aromatic rings. The maximum Gasteiger partial charge on any atom is 0.234 e. The van der Waals surface area contributed by atoms with E-state index in [0.717, 1.165) is 4.90 Å². The van der Waals surface area contributed by atoms with Crippen molar-refractivity contribution < 1.29 is 9.53 Å². The molecule has 0 aliphatic carbocycles. The van der Waals surface area contributed by atoms with Crippen LogP contribution in [0.1, 0.15) is 0 Å². The number of para-hydroxylation sites is 2. The molecule has 0 aliphatic rings. The van der Waals surface area contributed by atoms with Gasteiger partial charge in [0.1, 0.15) is 5.75 Å². The van der Waals surface area contributed by atoms with Crippen LogP contribution in [0.25, 0.3) is 0 Å². The average molecular weight is 323 g/mol.